The van der Waals surface area contributed by atoms with E-state index in [1.54, 1.807) is 0 Å². The molecule has 1 aromatic carbocycles. The van der Waals surface area contributed by atoms with Gasteiger partial charge in [0.1, 0.15) is 6.17 Å². The summed E-state index contributed by atoms with van der Waals surface area (Å²) in [5.74, 6) is 0.177. The van der Waals surface area contributed by atoms with E-state index in [-0.39, 0.29) is 30.3 Å². The molecule has 4 atom stereocenters. The molecule has 0 radical (unpaired) electrons. The zero-order valence-corrected chi connectivity index (χ0v) is 11.4. The van der Waals surface area contributed by atoms with Gasteiger partial charge in [0.2, 0.25) is 5.91 Å². The lowest BCUT2D eigenvalue weighted by Gasteiger charge is -2.32. The van der Waals surface area contributed by atoms with Gasteiger partial charge in [0.15, 0.2) is 0 Å². The molecule has 2 heterocycles. The van der Waals surface area contributed by atoms with Gasteiger partial charge in [-0.1, -0.05) is 30.3 Å². The predicted molar refractivity (Wildman–Crippen MR) is 72.4 cm³/mol. The van der Waals surface area contributed by atoms with Crippen LogP contribution in [-0.2, 0) is 9.53 Å². The molecule has 2 aliphatic heterocycles. The summed E-state index contributed by atoms with van der Waals surface area (Å²) >= 11 is 0. The highest BCUT2D eigenvalue weighted by atomic mass is 16.5. The summed E-state index contributed by atoms with van der Waals surface area (Å²) in [4.78, 5) is 14.4. The highest BCUT2D eigenvalue weighted by molar-refractivity contribution is 5.84. The van der Waals surface area contributed by atoms with E-state index in [2.05, 4.69) is 24.4 Å². The lowest BCUT2D eigenvalue weighted by molar-refractivity contribution is -0.133. The van der Waals surface area contributed by atoms with Gasteiger partial charge in [0.25, 0.3) is 0 Å². The van der Waals surface area contributed by atoms with Crippen LogP contribution in [0.25, 0.3) is 0 Å². The third-order valence-electron chi connectivity index (χ3n) is 4.12. The molecule has 0 saturated carbocycles. The fraction of sp³-hybridized carbons (Fsp3) is 0.533. The van der Waals surface area contributed by atoms with Crippen LogP contribution in [0.2, 0.25) is 0 Å². The quantitative estimate of drug-likeness (QED) is 0.879. The lowest BCUT2D eigenvalue weighted by Crippen LogP contribution is -2.43. The van der Waals surface area contributed by atoms with Crippen molar-refractivity contribution < 1.29 is 9.53 Å². The Bertz CT molecular complexity index is 462. The van der Waals surface area contributed by atoms with Crippen molar-refractivity contribution in [2.24, 2.45) is 0 Å². The van der Waals surface area contributed by atoms with Crippen molar-refractivity contribution in [1.82, 2.24) is 10.2 Å². The van der Waals surface area contributed by atoms with Crippen LogP contribution in [0, 0.1) is 0 Å². The Morgan fingerprint density at radius 1 is 1.26 bits per heavy atom. The maximum Gasteiger partial charge on any atom is 0.241 e. The van der Waals surface area contributed by atoms with Gasteiger partial charge in [0.05, 0.1) is 18.2 Å². The van der Waals surface area contributed by atoms with Gasteiger partial charge in [-0.25, -0.2) is 0 Å². The van der Waals surface area contributed by atoms with Crippen LogP contribution in [0.3, 0.4) is 0 Å². The van der Waals surface area contributed by atoms with Gasteiger partial charge in [-0.3, -0.25) is 10.1 Å². The number of carbonyl (C=O) groups is 1. The van der Waals surface area contributed by atoms with Crippen molar-refractivity contribution in [3.05, 3.63) is 35.9 Å². The average molecular weight is 260 g/mol. The number of hydrogen-bond donors (Lipinski definition) is 1. The van der Waals surface area contributed by atoms with Gasteiger partial charge >= 0.3 is 0 Å². The molecular formula is C15H20N2O2. The predicted octanol–water partition coefficient (Wildman–Crippen LogP) is 1.68. The molecule has 0 aliphatic carbocycles. The molecule has 2 aliphatic rings. The molecule has 1 amide bonds. The van der Waals surface area contributed by atoms with Gasteiger partial charge < -0.3 is 9.64 Å². The topological polar surface area (TPSA) is 41.6 Å². The van der Waals surface area contributed by atoms with E-state index >= 15 is 0 Å². The van der Waals surface area contributed by atoms with E-state index in [0.29, 0.717) is 0 Å². The standard InChI is InChI=1S/C15H20N2O2/c1-10-15(18)17(13-8-9-19-11(13)2)14(16-10)12-6-4-3-5-7-12/h3-7,10-11,13-14,16H,8-9H2,1-2H3. The van der Waals surface area contributed by atoms with E-state index in [1.807, 2.05) is 30.0 Å². The highest BCUT2D eigenvalue weighted by Crippen LogP contribution is 2.32. The largest absolute Gasteiger partial charge is 0.376 e. The minimum Gasteiger partial charge on any atom is -0.376 e. The van der Waals surface area contributed by atoms with E-state index in [9.17, 15) is 4.79 Å². The molecular weight excluding hydrogens is 240 g/mol. The smallest absolute Gasteiger partial charge is 0.241 e. The Morgan fingerprint density at radius 2 is 2.00 bits per heavy atom. The second-order valence-corrected chi connectivity index (χ2v) is 5.38. The molecule has 19 heavy (non-hydrogen) atoms. The minimum absolute atomic E-state index is 0.0298. The third kappa shape index (κ3) is 2.15. The first-order valence-electron chi connectivity index (χ1n) is 6.93. The summed E-state index contributed by atoms with van der Waals surface area (Å²) in [6.07, 6.45) is 1.00. The van der Waals surface area contributed by atoms with Crippen LogP contribution < -0.4 is 5.32 Å². The van der Waals surface area contributed by atoms with Crippen LogP contribution in [-0.4, -0.2) is 35.6 Å². The molecule has 4 nitrogen and oxygen atoms in total. The van der Waals surface area contributed by atoms with Crippen molar-refractivity contribution in [3.63, 3.8) is 0 Å². The lowest BCUT2D eigenvalue weighted by atomic mass is 10.1. The number of hydrogen-bond acceptors (Lipinski definition) is 3. The monoisotopic (exact) mass is 260 g/mol. The first-order chi connectivity index (χ1) is 9.18. The molecule has 1 aromatic rings. The van der Waals surface area contributed by atoms with Crippen LogP contribution in [0.15, 0.2) is 30.3 Å². The van der Waals surface area contributed by atoms with E-state index in [1.165, 1.54) is 0 Å². The minimum atomic E-state index is -0.127. The summed E-state index contributed by atoms with van der Waals surface area (Å²) in [7, 11) is 0. The summed E-state index contributed by atoms with van der Waals surface area (Å²) < 4.78 is 5.62. The van der Waals surface area contributed by atoms with Crippen molar-refractivity contribution in [2.45, 2.75) is 44.6 Å². The Labute approximate surface area is 113 Å². The number of rotatable bonds is 2. The van der Waals surface area contributed by atoms with Crippen LogP contribution in [0.5, 0.6) is 0 Å². The molecule has 1 N–H and O–H groups in total. The molecule has 102 valence electrons. The second kappa shape index (κ2) is 4.94. The van der Waals surface area contributed by atoms with Crippen LogP contribution in [0.1, 0.15) is 32.0 Å². The van der Waals surface area contributed by atoms with Gasteiger partial charge in [-0.2, -0.15) is 0 Å². The number of nitrogens with zero attached hydrogens (tertiary/aromatic N) is 1. The number of benzene rings is 1. The number of nitrogens with one attached hydrogen (secondary N) is 1. The van der Waals surface area contributed by atoms with E-state index in [4.69, 9.17) is 4.74 Å². The normalized spacial score (nSPS) is 35.1. The van der Waals surface area contributed by atoms with Crippen LogP contribution >= 0.6 is 0 Å². The first-order valence-corrected chi connectivity index (χ1v) is 6.93. The van der Waals surface area contributed by atoms with Gasteiger partial charge in [0, 0.05) is 6.61 Å². The number of ether oxygens (including phenoxy) is 1. The van der Waals surface area contributed by atoms with Gasteiger partial charge in [-0.05, 0) is 25.8 Å². The van der Waals surface area contributed by atoms with Crippen molar-refractivity contribution in [3.8, 4) is 0 Å². The average Bonchev–Trinajstić information content (AvgIpc) is 2.96. The van der Waals surface area contributed by atoms with E-state index in [0.717, 1.165) is 18.6 Å². The summed E-state index contributed by atoms with van der Waals surface area (Å²) in [5.41, 5.74) is 1.14. The van der Waals surface area contributed by atoms with Crippen LogP contribution in [0.4, 0.5) is 0 Å². The molecule has 0 aromatic heterocycles. The maximum atomic E-state index is 12.4. The molecule has 2 saturated heterocycles. The molecule has 4 unspecified atom stereocenters. The van der Waals surface area contributed by atoms with Crippen molar-refractivity contribution >= 4 is 5.91 Å². The molecule has 3 rings (SSSR count). The zero-order chi connectivity index (χ0) is 13.4. The Morgan fingerprint density at radius 3 is 2.63 bits per heavy atom. The fourth-order valence-electron chi connectivity index (χ4n) is 3.07. The summed E-state index contributed by atoms with van der Waals surface area (Å²) in [6.45, 7) is 4.72. The number of carbonyl (C=O) groups excluding carboxylic acids is 1. The van der Waals surface area contributed by atoms with Crippen molar-refractivity contribution in [2.75, 3.05) is 6.61 Å². The third-order valence-corrected chi connectivity index (χ3v) is 4.12. The van der Waals surface area contributed by atoms with E-state index < -0.39 is 0 Å². The zero-order valence-electron chi connectivity index (χ0n) is 11.4. The molecule has 0 spiro atoms. The Hall–Kier alpha value is -1.39. The van der Waals surface area contributed by atoms with Crippen molar-refractivity contribution in [1.29, 1.82) is 0 Å². The first kappa shape index (κ1) is 12.6. The summed E-state index contributed by atoms with van der Waals surface area (Å²) in [5, 5.41) is 3.39. The van der Waals surface area contributed by atoms with Gasteiger partial charge in [-0.15, -0.1) is 0 Å². The second-order valence-electron chi connectivity index (χ2n) is 5.38. The molecule has 4 heteroatoms. The molecule has 0 bridgehead atoms. The SMILES string of the molecule is CC1NC(c2ccccc2)N(C2CCOC2C)C1=O. The fourth-order valence-corrected chi connectivity index (χ4v) is 3.07. The number of amides is 1. The molecule has 2 fully saturated rings. The maximum absolute atomic E-state index is 12.4. The Balaban J connectivity index is 1.92. The summed E-state index contributed by atoms with van der Waals surface area (Å²) in [6, 6.07) is 10.2. The Kier molecular flexibility index (Phi) is 3.29. The highest BCUT2D eigenvalue weighted by Gasteiger charge is 2.44.